The van der Waals surface area contributed by atoms with Crippen molar-refractivity contribution in [3.05, 3.63) is 67.0 Å². The Balaban J connectivity index is 1.62. The quantitative estimate of drug-likeness (QED) is 0.404. The van der Waals surface area contributed by atoms with Gasteiger partial charge in [0, 0.05) is 24.7 Å². The Hall–Kier alpha value is -4.17. The van der Waals surface area contributed by atoms with Crippen LogP contribution in [0.25, 0.3) is 33.4 Å². The predicted octanol–water partition coefficient (Wildman–Crippen LogP) is 4.49. The molecule has 1 aliphatic heterocycles. The van der Waals surface area contributed by atoms with Crippen molar-refractivity contribution in [1.82, 2.24) is 14.5 Å². The van der Waals surface area contributed by atoms with Gasteiger partial charge in [0.25, 0.3) is 0 Å². The van der Waals surface area contributed by atoms with Gasteiger partial charge >= 0.3 is 0 Å². The van der Waals surface area contributed by atoms with Crippen LogP contribution in [0.2, 0.25) is 0 Å². The second-order valence-corrected chi connectivity index (χ2v) is 8.59. The van der Waals surface area contributed by atoms with Gasteiger partial charge in [-0.15, -0.1) is 0 Å². The minimum Gasteiger partial charge on any atom is -0.488 e. The zero-order valence-electron chi connectivity index (χ0n) is 19.7. The number of nitrogens with one attached hydrogen (secondary N) is 1. The summed E-state index contributed by atoms with van der Waals surface area (Å²) >= 11 is 0. The molecular weight excluding hydrogens is 442 g/mol. The molecule has 8 nitrogen and oxygen atoms in total. The van der Waals surface area contributed by atoms with E-state index in [1.807, 2.05) is 54.9 Å². The van der Waals surface area contributed by atoms with E-state index in [4.69, 9.17) is 15.2 Å². The fraction of sp³-hybridized carbons (Fsp3) is 0.222. The van der Waals surface area contributed by atoms with Crippen LogP contribution in [0.1, 0.15) is 12.0 Å². The molecule has 0 aliphatic carbocycles. The molecule has 3 N–H and O–H groups in total. The van der Waals surface area contributed by atoms with Crippen molar-refractivity contribution in [2.45, 2.75) is 19.4 Å². The molecule has 1 aliphatic rings. The molecule has 178 valence electrons. The fourth-order valence-corrected chi connectivity index (χ4v) is 4.52. The first-order valence-corrected chi connectivity index (χ1v) is 11.4. The number of nitrogens with zero attached hydrogens (tertiary/aromatic N) is 3. The van der Waals surface area contributed by atoms with Crippen molar-refractivity contribution >= 4 is 28.4 Å². The molecule has 8 heteroatoms. The smallest absolute Gasteiger partial charge is 0.247 e. The molecule has 35 heavy (non-hydrogen) atoms. The molecule has 0 spiro atoms. The molecule has 2 aromatic carbocycles. The topological polar surface area (TPSA) is 104 Å². The third kappa shape index (κ3) is 4.24. The van der Waals surface area contributed by atoms with Crippen LogP contribution in [0, 0.1) is 6.92 Å². The van der Waals surface area contributed by atoms with E-state index in [2.05, 4.69) is 27.9 Å². The monoisotopic (exact) mass is 469 g/mol. The lowest BCUT2D eigenvalue weighted by molar-refractivity contribution is -0.111. The number of aryl methyl sites for hydroxylation is 2. The number of benzene rings is 2. The number of ether oxygens (including phenoxy) is 2. The molecule has 0 saturated carbocycles. The zero-order valence-corrected chi connectivity index (χ0v) is 19.7. The molecule has 5 rings (SSSR count). The van der Waals surface area contributed by atoms with Gasteiger partial charge in [-0.1, -0.05) is 24.8 Å². The van der Waals surface area contributed by atoms with Gasteiger partial charge in [0.15, 0.2) is 0 Å². The lowest BCUT2D eigenvalue weighted by atomic mass is 9.97. The van der Waals surface area contributed by atoms with Gasteiger partial charge in [-0.05, 0) is 54.0 Å². The van der Waals surface area contributed by atoms with Crippen molar-refractivity contribution in [1.29, 1.82) is 0 Å². The summed E-state index contributed by atoms with van der Waals surface area (Å²) in [6.07, 6.45) is 3.70. The number of nitrogens with two attached hydrogens (primary N) is 1. The van der Waals surface area contributed by atoms with Gasteiger partial charge in [0.05, 0.1) is 24.3 Å². The van der Waals surface area contributed by atoms with E-state index >= 15 is 0 Å². The number of carbonyl (C=O) groups is 1. The van der Waals surface area contributed by atoms with Gasteiger partial charge in [0.2, 0.25) is 5.91 Å². The number of aromatic nitrogens is 3. The van der Waals surface area contributed by atoms with Crippen molar-refractivity contribution in [3.63, 3.8) is 0 Å². The zero-order chi connectivity index (χ0) is 24.5. The molecule has 4 aromatic rings. The Labute approximate surface area is 203 Å². The summed E-state index contributed by atoms with van der Waals surface area (Å²) in [5.41, 5.74) is 12.7. The van der Waals surface area contributed by atoms with Crippen LogP contribution in [0.5, 0.6) is 5.75 Å². The second kappa shape index (κ2) is 9.23. The van der Waals surface area contributed by atoms with Crippen LogP contribution >= 0.6 is 0 Å². The third-order valence-corrected chi connectivity index (χ3v) is 6.25. The summed E-state index contributed by atoms with van der Waals surface area (Å²) in [7, 11) is 1.96. The Morgan fingerprint density at radius 1 is 1.23 bits per heavy atom. The molecule has 0 bridgehead atoms. The molecule has 2 aromatic heterocycles. The van der Waals surface area contributed by atoms with Crippen molar-refractivity contribution < 1.29 is 14.3 Å². The number of amides is 1. The lowest BCUT2D eigenvalue weighted by Gasteiger charge is -2.16. The fourth-order valence-electron chi connectivity index (χ4n) is 4.52. The van der Waals surface area contributed by atoms with Gasteiger partial charge in [-0.2, -0.15) is 0 Å². The standard InChI is InChI=1S/C27H27N5O3/c1-4-22(33)31-19-8-5-17(6-9-19)25-23(24-26(28)29-15-30-27(24)32(25)3)18-7-10-21(16(2)13-18)35-20-11-12-34-14-20/h4-10,13,15,20H,1,11-12,14H2,2-3H3,(H,31,33)(H2,28,29,30). The van der Waals surface area contributed by atoms with Crippen LogP contribution in [0.3, 0.4) is 0 Å². The van der Waals surface area contributed by atoms with Gasteiger partial charge < -0.3 is 25.1 Å². The van der Waals surface area contributed by atoms with E-state index in [0.717, 1.165) is 57.8 Å². The molecule has 1 fully saturated rings. The Morgan fingerprint density at radius 3 is 2.69 bits per heavy atom. The van der Waals surface area contributed by atoms with Gasteiger partial charge in [-0.25, -0.2) is 9.97 Å². The molecule has 1 amide bonds. The molecular formula is C27H27N5O3. The highest BCUT2D eigenvalue weighted by Crippen LogP contribution is 2.42. The minimum atomic E-state index is -0.256. The molecule has 1 saturated heterocycles. The number of anilines is 2. The summed E-state index contributed by atoms with van der Waals surface area (Å²) in [6, 6.07) is 13.8. The highest BCUT2D eigenvalue weighted by molar-refractivity contribution is 6.08. The number of fused-ring (bicyclic) bond motifs is 1. The van der Waals surface area contributed by atoms with Crippen LogP contribution < -0.4 is 15.8 Å². The van der Waals surface area contributed by atoms with Crippen LogP contribution in [-0.4, -0.2) is 39.8 Å². The third-order valence-electron chi connectivity index (χ3n) is 6.25. The second-order valence-electron chi connectivity index (χ2n) is 8.59. The average molecular weight is 470 g/mol. The first kappa shape index (κ1) is 22.6. The number of rotatable bonds is 6. The summed E-state index contributed by atoms with van der Waals surface area (Å²) in [6.45, 7) is 6.89. The molecule has 1 unspecified atom stereocenters. The first-order chi connectivity index (χ1) is 17.0. The van der Waals surface area contributed by atoms with Gasteiger partial charge in [-0.3, -0.25) is 4.79 Å². The minimum absolute atomic E-state index is 0.0804. The van der Waals surface area contributed by atoms with E-state index in [1.165, 1.54) is 12.4 Å². The Morgan fingerprint density at radius 2 is 2.00 bits per heavy atom. The van der Waals surface area contributed by atoms with Gasteiger partial charge in [0.1, 0.15) is 29.6 Å². The van der Waals surface area contributed by atoms with E-state index in [1.54, 1.807) is 0 Å². The van der Waals surface area contributed by atoms with Crippen LogP contribution in [0.15, 0.2) is 61.4 Å². The normalized spacial score (nSPS) is 15.3. The Kier molecular flexibility index (Phi) is 5.96. The van der Waals surface area contributed by atoms with Crippen molar-refractivity contribution in [2.75, 3.05) is 24.3 Å². The summed E-state index contributed by atoms with van der Waals surface area (Å²) in [4.78, 5) is 20.5. The summed E-state index contributed by atoms with van der Waals surface area (Å²) in [5.74, 6) is 1.01. The SMILES string of the molecule is C=CC(=O)Nc1ccc(-c2c(-c3ccc(OC4CCOC4)c(C)c3)c3c(N)ncnc3n2C)cc1. The lowest BCUT2D eigenvalue weighted by Crippen LogP contribution is -2.16. The summed E-state index contributed by atoms with van der Waals surface area (Å²) in [5, 5.41) is 3.58. The number of hydrogen-bond donors (Lipinski definition) is 2. The summed E-state index contributed by atoms with van der Waals surface area (Å²) < 4.78 is 13.6. The first-order valence-electron chi connectivity index (χ1n) is 11.4. The average Bonchev–Trinajstić information content (AvgIpc) is 3.48. The van der Waals surface area contributed by atoms with Crippen LogP contribution in [0.4, 0.5) is 11.5 Å². The Bertz CT molecular complexity index is 1420. The van der Waals surface area contributed by atoms with E-state index in [0.29, 0.717) is 18.1 Å². The van der Waals surface area contributed by atoms with E-state index in [9.17, 15) is 4.79 Å². The predicted molar refractivity (Wildman–Crippen MR) is 137 cm³/mol. The number of carbonyl (C=O) groups excluding carboxylic acids is 1. The largest absolute Gasteiger partial charge is 0.488 e. The number of hydrogen-bond acceptors (Lipinski definition) is 6. The van der Waals surface area contributed by atoms with Crippen molar-refractivity contribution in [3.8, 4) is 28.1 Å². The molecule has 1 atom stereocenters. The number of nitrogen functional groups attached to an aromatic ring is 1. The maximum Gasteiger partial charge on any atom is 0.247 e. The molecule has 0 radical (unpaired) electrons. The van der Waals surface area contributed by atoms with Crippen LogP contribution in [-0.2, 0) is 16.6 Å². The van der Waals surface area contributed by atoms with E-state index in [-0.39, 0.29) is 12.0 Å². The highest BCUT2D eigenvalue weighted by atomic mass is 16.5. The molecule has 3 heterocycles. The van der Waals surface area contributed by atoms with E-state index < -0.39 is 0 Å². The highest BCUT2D eigenvalue weighted by Gasteiger charge is 2.23. The van der Waals surface area contributed by atoms with Crippen molar-refractivity contribution in [2.24, 2.45) is 7.05 Å². The maximum absolute atomic E-state index is 11.7. The maximum atomic E-state index is 11.7.